The Bertz CT molecular complexity index is 517. The lowest BCUT2D eigenvalue weighted by molar-refractivity contribution is 0.963. The van der Waals surface area contributed by atoms with Gasteiger partial charge in [-0.3, -0.25) is 4.98 Å². The fraction of sp³-hybridized carbons (Fsp3) is 0.0769. The minimum Gasteiger partial charge on any atom is -0.259 e. The zero-order chi connectivity index (χ0) is 11.4. The van der Waals surface area contributed by atoms with E-state index in [1.54, 1.807) is 6.20 Å². The Hall–Kier alpha value is -1.66. The van der Waals surface area contributed by atoms with Crippen LogP contribution in [0, 0.1) is 11.3 Å². The summed E-state index contributed by atoms with van der Waals surface area (Å²) in [4.78, 5) is 4.23. The number of hydrogen-bond acceptors (Lipinski definition) is 2. The van der Waals surface area contributed by atoms with Crippen LogP contribution in [0.1, 0.15) is 17.2 Å². The van der Waals surface area contributed by atoms with Crippen molar-refractivity contribution in [2.24, 2.45) is 0 Å². The van der Waals surface area contributed by atoms with Gasteiger partial charge in [-0.2, -0.15) is 5.26 Å². The summed E-state index contributed by atoms with van der Waals surface area (Å²) in [5.74, 6) is -0.307. The second-order valence-corrected chi connectivity index (χ2v) is 4.29. The smallest absolute Gasteiger partial charge is 0.113 e. The Balaban J connectivity index is 2.42. The van der Waals surface area contributed by atoms with Crippen molar-refractivity contribution in [1.29, 1.82) is 5.26 Å². The molecule has 2 aromatic rings. The molecule has 0 spiro atoms. The molecular weight excluding hydrogens is 264 g/mol. The van der Waals surface area contributed by atoms with Crippen LogP contribution in [-0.4, -0.2) is 4.98 Å². The van der Waals surface area contributed by atoms with E-state index in [0.717, 1.165) is 15.7 Å². The summed E-state index contributed by atoms with van der Waals surface area (Å²) >= 11 is 3.38. The Morgan fingerprint density at radius 3 is 2.56 bits per heavy atom. The number of pyridine rings is 1. The van der Waals surface area contributed by atoms with E-state index in [1.807, 2.05) is 42.5 Å². The maximum Gasteiger partial charge on any atom is 0.113 e. The van der Waals surface area contributed by atoms with E-state index in [9.17, 15) is 5.26 Å². The van der Waals surface area contributed by atoms with Gasteiger partial charge in [0.2, 0.25) is 0 Å². The van der Waals surface area contributed by atoms with E-state index in [1.165, 1.54) is 0 Å². The van der Waals surface area contributed by atoms with Crippen LogP contribution in [0.25, 0.3) is 0 Å². The van der Waals surface area contributed by atoms with Gasteiger partial charge in [-0.15, -0.1) is 0 Å². The molecule has 0 bridgehead atoms. The molecule has 0 amide bonds. The highest BCUT2D eigenvalue weighted by atomic mass is 79.9. The van der Waals surface area contributed by atoms with Gasteiger partial charge in [0.05, 0.1) is 11.8 Å². The number of aromatic nitrogens is 1. The second kappa shape index (κ2) is 4.91. The monoisotopic (exact) mass is 272 g/mol. The molecule has 1 atom stereocenters. The predicted octanol–water partition coefficient (Wildman–Crippen LogP) is 3.50. The normalized spacial score (nSPS) is 11.8. The maximum absolute atomic E-state index is 9.22. The molecule has 0 N–H and O–H groups in total. The van der Waals surface area contributed by atoms with Crippen molar-refractivity contribution in [3.05, 3.63) is 64.4 Å². The SMILES string of the molecule is N#CC(c1ccccc1)c1cc(Br)ccn1. The first-order valence-electron chi connectivity index (χ1n) is 4.87. The van der Waals surface area contributed by atoms with Gasteiger partial charge in [-0.1, -0.05) is 46.3 Å². The van der Waals surface area contributed by atoms with E-state index >= 15 is 0 Å². The highest BCUT2D eigenvalue weighted by molar-refractivity contribution is 9.10. The number of halogens is 1. The van der Waals surface area contributed by atoms with Crippen molar-refractivity contribution >= 4 is 15.9 Å². The van der Waals surface area contributed by atoms with Crippen LogP contribution in [0.15, 0.2) is 53.1 Å². The van der Waals surface area contributed by atoms with Gasteiger partial charge in [-0.25, -0.2) is 0 Å². The number of hydrogen-bond donors (Lipinski definition) is 0. The summed E-state index contributed by atoms with van der Waals surface area (Å²) in [7, 11) is 0. The Kier molecular flexibility index (Phi) is 3.33. The third-order valence-corrected chi connectivity index (χ3v) is 2.79. The lowest BCUT2D eigenvalue weighted by atomic mass is 9.97. The molecular formula is C13H9BrN2. The molecule has 0 saturated carbocycles. The Morgan fingerprint density at radius 2 is 1.94 bits per heavy atom. The average Bonchev–Trinajstić information content (AvgIpc) is 2.31. The Labute approximate surface area is 103 Å². The minimum atomic E-state index is -0.307. The first-order chi connectivity index (χ1) is 7.81. The van der Waals surface area contributed by atoms with E-state index < -0.39 is 0 Å². The first-order valence-corrected chi connectivity index (χ1v) is 5.66. The molecule has 0 aliphatic heterocycles. The third-order valence-electron chi connectivity index (χ3n) is 2.30. The van der Waals surface area contributed by atoms with Gasteiger partial charge in [0, 0.05) is 10.7 Å². The molecule has 78 valence electrons. The Morgan fingerprint density at radius 1 is 1.19 bits per heavy atom. The zero-order valence-corrected chi connectivity index (χ0v) is 10.1. The highest BCUT2D eigenvalue weighted by Gasteiger charge is 2.14. The topological polar surface area (TPSA) is 36.7 Å². The van der Waals surface area contributed by atoms with E-state index in [0.29, 0.717) is 0 Å². The first kappa shape index (κ1) is 10.8. The van der Waals surface area contributed by atoms with Crippen LogP contribution in [0.2, 0.25) is 0 Å². The molecule has 0 radical (unpaired) electrons. The van der Waals surface area contributed by atoms with Crippen LogP contribution in [-0.2, 0) is 0 Å². The molecule has 0 aliphatic rings. The van der Waals surface area contributed by atoms with Crippen LogP contribution in [0.5, 0.6) is 0 Å². The summed E-state index contributed by atoms with van der Waals surface area (Å²) in [6.45, 7) is 0. The molecule has 1 aromatic heterocycles. The molecule has 1 heterocycles. The summed E-state index contributed by atoms with van der Waals surface area (Å²) in [6.07, 6.45) is 1.70. The lowest BCUT2D eigenvalue weighted by Gasteiger charge is -2.08. The van der Waals surface area contributed by atoms with Crippen LogP contribution in [0.3, 0.4) is 0 Å². The molecule has 2 rings (SSSR count). The summed E-state index contributed by atoms with van der Waals surface area (Å²) < 4.78 is 0.939. The molecule has 16 heavy (non-hydrogen) atoms. The van der Waals surface area contributed by atoms with Crippen LogP contribution >= 0.6 is 15.9 Å². The summed E-state index contributed by atoms with van der Waals surface area (Å²) in [5.41, 5.74) is 1.73. The number of benzene rings is 1. The van der Waals surface area contributed by atoms with E-state index in [-0.39, 0.29) is 5.92 Å². The molecule has 0 fully saturated rings. The van der Waals surface area contributed by atoms with Crippen molar-refractivity contribution < 1.29 is 0 Å². The summed E-state index contributed by atoms with van der Waals surface area (Å²) in [5, 5.41) is 9.22. The number of nitriles is 1. The van der Waals surface area contributed by atoms with Crippen molar-refractivity contribution in [1.82, 2.24) is 4.98 Å². The fourth-order valence-corrected chi connectivity index (χ4v) is 1.89. The largest absolute Gasteiger partial charge is 0.259 e. The van der Waals surface area contributed by atoms with Crippen molar-refractivity contribution in [2.45, 2.75) is 5.92 Å². The maximum atomic E-state index is 9.22. The minimum absolute atomic E-state index is 0.307. The van der Waals surface area contributed by atoms with Crippen molar-refractivity contribution in [3.8, 4) is 6.07 Å². The average molecular weight is 273 g/mol. The highest BCUT2D eigenvalue weighted by Crippen LogP contribution is 2.23. The van der Waals surface area contributed by atoms with Crippen LogP contribution < -0.4 is 0 Å². The molecule has 2 nitrogen and oxygen atoms in total. The second-order valence-electron chi connectivity index (χ2n) is 3.37. The molecule has 1 unspecified atom stereocenters. The van der Waals surface area contributed by atoms with Crippen molar-refractivity contribution in [3.63, 3.8) is 0 Å². The molecule has 1 aromatic carbocycles. The van der Waals surface area contributed by atoms with Crippen molar-refractivity contribution in [2.75, 3.05) is 0 Å². The molecule has 0 saturated heterocycles. The van der Waals surface area contributed by atoms with Gasteiger partial charge < -0.3 is 0 Å². The number of nitrogens with zero attached hydrogens (tertiary/aromatic N) is 2. The predicted molar refractivity (Wildman–Crippen MR) is 65.8 cm³/mol. The summed E-state index contributed by atoms with van der Waals surface area (Å²) in [6, 6.07) is 15.7. The van der Waals surface area contributed by atoms with Gasteiger partial charge in [-0.05, 0) is 17.7 Å². The van der Waals surface area contributed by atoms with Gasteiger partial charge >= 0.3 is 0 Å². The van der Waals surface area contributed by atoms with E-state index in [2.05, 4.69) is 27.0 Å². The molecule has 3 heteroatoms. The molecule has 0 aliphatic carbocycles. The van der Waals surface area contributed by atoms with Gasteiger partial charge in [0.1, 0.15) is 5.92 Å². The van der Waals surface area contributed by atoms with E-state index in [4.69, 9.17) is 0 Å². The zero-order valence-electron chi connectivity index (χ0n) is 8.47. The van der Waals surface area contributed by atoms with Crippen LogP contribution in [0.4, 0.5) is 0 Å². The third kappa shape index (κ3) is 2.29. The van der Waals surface area contributed by atoms with Gasteiger partial charge in [0.15, 0.2) is 0 Å². The lowest BCUT2D eigenvalue weighted by Crippen LogP contribution is -2.00. The quantitative estimate of drug-likeness (QED) is 0.839. The fourth-order valence-electron chi connectivity index (χ4n) is 1.54. The van der Waals surface area contributed by atoms with Gasteiger partial charge in [0.25, 0.3) is 0 Å². The standard InChI is InChI=1S/C13H9BrN2/c14-11-6-7-16-13(8-11)12(9-15)10-4-2-1-3-5-10/h1-8,12H. The number of rotatable bonds is 2.